The van der Waals surface area contributed by atoms with Gasteiger partial charge < -0.3 is 10.6 Å². The molecule has 18 heavy (non-hydrogen) atoms. The average molecular weight is 275 g/mol. The maximum atomic E-state index is 11.8. The van der Waals surface area contributed by atoms with Crippen molar-refractivity contribution >= 4 is 18.3 Å². The van der Waals surface area contributed by atoms with Crippen LogP contribution in [0.2, 0.25) is 0 Å². The van der Waals surface area contributed by atoms with Crippen LogP contribution in [0.4, 0.5) is 0 Å². The van der Waals surface area contributed by atoms with E-state index in [-0.39, 0.29) is 18.3 Å². The van der Waals surface area contributed by atoms with Gasteiger partial charge in [-0.15, -0.1) is 12.4 Å². The third-order valence-electron chi connectivity index (χ3n) is 4.24. The number of halogens is 1. The molecule has 0 aromatic heterocycles. The third kappa shape index (κ3) is 5.57. The van der Waals surface area contributed by atoms with Crippen LogP contribution in [0.1, 0.15) is 51.4 Å². The van der Waals surface area contributed by atoms with Gasteiger partial charge in [-0.3, -0.25) is 4.79 Å². The second-order valence-corrected chi connectivity index (χ2v) is 5.71. The fourth-order valence-electron chi connectivity index (χ4n) is 3.10. The SMILES string of the molecule is Cl.O=C(CC1CCCCC1)NCCC1CCNC1. The van der Waals surface area contributed by atoms with E-state index in [9.17, 15) is 4.79 Å². The summed E-state index contributed by atoms with van der Waals surface area (Å²) in [6.07, 6.45) is 9.73. The predicted molar refractivity (Wildman–Crippen MR) is 77.0 cm³/mol. The minimum Gasteiger partial charge on any atom is -0.356 e. The first-order chi connectivity index (χ1) is 8.34. The fourth-order valence-corrected chi connectivity index (χ4v) is 3.10. The average Bonchev–Trinajstić information content (AvgIpc) is 2.83. The lowest BCUT2D eigenvalue weighted by molar-refractivity contribution is -0.122. The zero-order valence-corrected chi connectivity index (χ0v) is 12.1. The number of hydrogen-bond acceptors (Lipinski definition) is 2. The lowest BCUT2D eigenvalue weighted by Crippen LogP contribution is -2.28. The molecule has 2 aliphatic rings. The van der Waals surface area contributed by atoms with Crippen LogP contribution in [0.25, 0.3) is 0 Å². The van der Waals surface area contributed by atoms with Crippen LogP contribution in [0.15, 0.2) is 0 Å². The number of rotatable bonds is 5. The summed E-state index contributed by atoms with van der Waals surface area (Å²) in [6.45, 7) is 3.16. The molecule has 3 nitrogen and oxygen atoms in total. The van der Waals surface area contributed by atoms with Crippen LogP contribution in [0.3, 0.4) is 0 Å². The van der Waals surface area contributed by atoms with Crippen LogP contribution in [-0.2, 0) is 4.79 Å². The minimum absolute atomic E-state index is 0. The Labute approximate surface area is 117 Å². The van der Waals surface area contributed by atoms with Gasteiger partial charge in [0.05, 0.1) is 0 Å². The van der Waals surface area contributed by atoms with E-state index in [1.165, 1.54) is 38.5 Å². The Bertz CT molecular complexity index is 236. The quantitative estimate of drug-likeness (QED) is 0.809. The molecule has 2 rings (SSSR count). The molecule has 0 spiro atoms. The molecule has 0 aromatic rings. The molecule has 1 saturated heterocycles. The van der Waals surface area contributed by atoms with Gasteiger partial charge in [-0.1, -0.05) is 19.3 Å². The van der Waals surface area contributed by atoms with Crippen LogP contribution >= 0.6 is 12.4 Å². The Balaban J connectivity index is 0.00000162. The summed E-state index contributed by atoms with van der Waals surface area (Å²) >= 11 is 0. The standard InChI is InChI=1S/C14H26N2O.ClH/c17-14(10-12-4-2-1-3-5-12)16-9-7-13-6-8-15-11-13;/h12-13,15H,1-11H2,(H,16,17);1H. The van der Waals surface area contributed by atoms with Gasteiger partial charge in [0.25, 0.3) is 0 Å². The van der Waals surface area contributed by atoms with Gasteiger partial charge in [-0.05, 0) is 50.6 Å². The number of amides is 1. The van der Waals surface area contributed by atoms with Crippen LogP contribution in [0, 0.1) is 11.8 Å². The van der Waals surface area contributed by atoms with Crippen molar-refractivity contribution in [3.05, 3.63) is 0 Å². The van der Waals surface area contributed by atoms with Crippen molar-refractivity contribution < 1.29 is 4.79 Å². The van der Waals surface area contributed by atoms with Gasteiger partial charge in [0, 0.05) is 13.0 Å². The molecule has 106 valence electrons. The number of carbonyl (C=O) groups is 1. The first kappa shape index (κ1) is 15.8. The van der Waals surface area contributed by atoms with E-state index in [4.69, 9.17) is 0 Å². The zero-order chi connectivity index (χ0) is 11.9. The first-order valence-electron chi connectivity index (χ1n) is 7.32. The molecule has 1 unspecified atom stereocenters. The predicted octanol–water partition coefficient (Wildman–Crippen LogP) is 2.49. The summed E-state index contributed by atoms with van der Waals surface area (Å²) in [5.74, 6) is 1.73. The third-order valence-corrected chi connectivity index (χ3v) is 4.24. The van der Waals surface area contributed by atoms with E-state index in [1.807, 2.05) is 0 Å². The Morgan fingerprint density at radius 2 is 1.89 bits per heavy atom. The molecule has 2 N–H and O–H groups in total. The van der Waals surface area contributed by atoms with Gasteiger partial charge in [0.1, 0.15) is 0 Å². The van der Waals surface area contributed by atoms with Crippen LogP contribution < -0.4 is 10.6 Å². The Morgan fingerprint density at radius 1 is 1.11 bits per heavy atom. The van der Waals surface area contributed by atoms with Gasteiger partial charge in [-0.2, -0.15) is 0 Å². The molecule has 0 aromatic carbocycles. The molecule has 1 aliphatic heterocycles. The van der Waals surface area contributed by atoms with Crippen molar-refractivity contribution in [1.82, 2.24) is 10.6 Å². The molecule has 1 saturated carbocycles. The molecule has 0 bridgehead atoms. The number of nitrogens with one attached hydrogen (secondary N) is 2. The van der Waals surface area contributed by atoms with Crippen LogP contribution in [0.5, 0.6) is 0 Å². The van der Waals surface area contributed by atoms with Crippen molar-refractivity contribution in [3.8, 4) is 0 Å². The summed E-state index contributed by atoms with van der Waals surface area (Å²) in [5.41, 5.74) is 0. The maximum absolute atomic E-state index is 11.8. The number of hydrogen-bond donors (Lipinski definition) is 2. The summed E-state index contributed by atoms with van der Waals surface area (Å²) in [7, 11) is 0. The van der Waals surface area contributed by atoms with E-state index in [1.54, 1.807) is 0 Å². The van der Waals surface area contributed by atoms with E-state index < -0.39 is 0 Å². The molecule has 0 radical (unpaired) electrons. The fraction of sp³-hybridized carbons (Fsp3) is 0.929. The van der Waals surface area contributed by atoms with E-state index in [0.29, 0.717) is 5.92 Å². The summed E-state index contributed by atoms with van der Waals surface area (Å²) in [4.78, 5) is 11.8. The second kappa shape index (κ2) is 8.76. The minimum atomic E-state index is 0. The molecule has 1 atom stereocenters. The lowest BCUT2D eigenvalue weighted by Gasteiger charge is -2.21. The first-order valence-corrected chi connectivity index (χ1v) is 7.32. The highest BCUT2D eigenvalue weighted by molar-refractivity contribution is 5.85. The normalized spacial score (nSPS) is 24.6. The van der Waals surface area contributed by atoms with Gasteiger partial charge in [0.15, 0.2) is 0 Å². The summed E-state index contributed by atoms with van der Waals surface area (Å²) in [5, 5.41) is 6.45. The Kier molecular flexibility index (Phi) is 7.68. The molecular formula is C14H27ClN2O. The van der Waals surface area contributed by atoms with Crippen molar-refractivity contribution in [3.63, 3.8) is 0 Å². The topological polar surface area (TPSA) is 41.1 Å². The lowest BCUT2D eigenvalue weighted by atomic mass is 9.87. The summed E-state index contributed by atoms with van der Waals surface area (Å²) < 4.78 is 0. The molecule has 4 heteroatoms. The maximum Gasteiger partial charge on any atom is 0.220 e. The molecular weight excluding hydrogens is 248 g/mol. The molecule has 1 aliphatic carbocycles. The Hall–Kier alpha value is -0.280. The van der Waals surface area contributed by atoms with E-state index in [2.05, 4.69) is 10.6 Å². The molecule has 1 heterocycles. The van der Waals surface area contributed by atoms with E-state index in [0.717, 1.165) is 38.4 Å². The van der Waals surface area contributed by atoms with Crippen molar-refractivity contribution in [1.29, 1.82) is 0 Å². The van der Waals surface area contributed by atoms with Crippen molar-refractivity contribution in [2.75, 3.05) is 19.6 Å². The molecule has 1 amide bonds. The van der Waals surface area contributed by atoms with Gasteiger partial charge in [-0.25, -0.2) is 0 Å². The van der Waals surface area contributed by atoms with Crippen molar-refractivity contribution in [2.45, 2.75) is 51.4 Å². The highest BCUT2D eigenvalue weighted by atomic mass is 35.5. The van der Waals surface area contributed by atoms with Crippen LogP contribution in [-0.4, -0.2) is 25.5 Å². The smallest absolute Gasteiger partial charge is 0.220 e. The van der Waals surface area contributed by atoms with Crippen molar-refractivity contribution in [2.24, 2.45) is 11.8 Å². The van der Waals surface area contributed by atoms with Gasteiger partial charge >= 0.3 is 0 Å². The number of carbonyl (C=O) groups excluding carboxylic acids is 1. The molecule has 2 fully saturated rings. The second-order valence-electron chi connectivity index (χ2n) is 5.71. The largest absolute Gasteiger partial charge is 0.356 e. The highest BCUT2D eigenvalue weighted by Gasteiger charge is 2.17. The van der Waals surface area contributed by atoms with Gasteiger partial charge in [0.2, 0.25) is 5.91 Å². The van der Waals surface area contributed by atoms with E-state index >= 15 is 0 Å². The Morgan fingerprint density at radius 3 is 2.56 bits per heavy atom. The zero-order valence-electron chi connectivity index (χ0n) is 11.2. The highest BCUT2D eigenvalue weighted by Crippen LogP contribution is 2.26. The monoisotopic (exact) mass is 274 g/mol. The summed E-state index contributed by atoms with van der Waals surface area (Å²) in [6, 6.07) is 0.